The first-order chi connectivity index (χ1) is 8.01. The predicted molar refractivity (Wildman–Crippen MR) is 64.4 cm³/mol. The predicted octanol–water partition coefficient (Wildman–Crippen LogP) is 0.606. The zero-order valence-corrected chi connectivity index (χ0v) is 11.3. The van der Waals surface area contributed by atoms with Crippen LogP contribution in [-0.2, 0) is 19.5 Å². The van der Waals surface area contributed by atoms with Crippen molar-refractivity contribution in [2.45, 2.75) is 37.9 Å². The van der Waals surface area contributed by atoms with Gasteiger partial charge in [0.1, 0.15) is 0 Å². The SMILES string of the molecule is CCS(=O)(=O)N1CCC2(CC1)CC(OC)CO2. The minimum atomic E-state index is -3.04. The number of hydrogen-bond acceptors (Lipinski definition) is 4. The van der Waals surface area contributed by atoms with Crippen molar-refractivity contribution in [2.75, 3.05) is 32.6 Å². The van der Waals surface area contributed by atoms with Crippen LogP contribution in [0.3, 0.4) is 0 Å². The first-order valence-corrected chi connectivity index (χ1v) is 7.77. The maximum Gasteiger partial charge on any atom is 0.213 e. The van der Waals surface area contributed by atoms with Crippen molar-refractivity contribution in [1.29, 1.82) is 0 Å². The van der Waals surface area contributed by atoms with E-state index in [-0.39, 0.29) is 17.5 Å². The molecule has 0 aromatic rings. The van der Waals surface area contributed by atoms with Crippen LogP contribution in [0.5, 0.6) is 0 Å². The smallest absolute Gasteiger partial charge is 0.213 e. The lowest BCUT2D eigenvalue weighted by molar-refractivity contribution is -0.0328. The molecule has 2 aliphatic heterocycles. The van der Waals surface area contributed by atoms with Crippen LogP contribution < -0.4 is 0 Å². The fraction of sp³-hybridized carbons (Fsp3) is 1.00. The van der Waals surface area contributed by atoms with Crippen LogP contribution in [0.25, 0.3) is 0 Å². The van der Waals surface area contributed by atoms with Gasteiger partial charge in [-0.1, -0.05) is 0 Å². The molecule has 0 aromatic heterocycles. The second-order valence-electron chi connectivity index (χ2n) is 4.86. The van der Waals surface area contributed by atoms with Gasteiger partial charge in [0.05, 0.1) is 24.1 Å². The van der Waals surface area contributed by atoms with Crippen LogP contribution in [-0.4, -0.2) is 57.0 Å². The Balaban J connectivity index is 1.95. The van der Waals surface area contributed by atoms with E-state index in [1.165, 1.54) is 0 Å². The number of sulfonamides is 1. The normalized spacial score (nSPS) is 29.9. The summed E-state index contributed by atoms with van der Waals surface area (Å²) in [6, 6.07) is 0. The lowest BCUT2D eigenvalue weighted by Crippen LogP contribution is -2.47. The van der Waals surface area contributed by atoms with E-state index in [2.05, 4.69) is 0 Å². The molecule has 2 heterocycles. The van der Waals surface area contributed by atoms with Crippen LogP contribution in [0.1, 0.15) is 26.2 Å². The highest BCUT2D eigenvalue weighted by Crippen LogP contribution is 2.37. The fourth-order valence-electron chi connectivity index (χ4n) is 2.66. The highest BCUT2D eigenvalue weighted by molar-refractivity contribution is 7.89. The first kappa shape index (κ1) is 13.3. The Morgan fingerprint density at radius 2 is 2.06 bits per heavy atom. The average Bonchev–Trinajstić information content (AvgIpc) is 2.73. The highest BCUT2D eigenvalue weighted by atomic mass is 32.2. The van der Waals surface area contributed by atoms with Crippen molar-refractivity contribution >= 4 is 10.0 Å². The van der Waals surface area contributed by atoms with Crippen molar-refractivity contribution in [1.82, 2.24) is 4.31 Å². The van der Waals surface area contributed by atoms with Gasteiger partial charge in [-0.15, -0.1) is 0 Å². The third-order valence-electron chi connectivity index (χ3n) is 3.90. The van der Waals surface area contributed by atoms with Gasteiger partial charge in [0.25, 0.3) is 0 Å². The maximum absolute atomic E-state index is 11.7. The average molecular weight is 263 g/mol. The number of rotatable bonds is 3. The molecule has 5 nitrogen and oxygen atoms in total. The maximum atomic E-state index is 11.7. The van der Waals surface area contributed by atoms with Gasteiger partial charge < -0.3 is 9.47 Å². The van der Waals surface area contributed by atoms with Gasteiger partial charge in [0, 0.05) is 26.6 Å². The van der Waals surface area contributed by atoms with Gasteiger partial charge in [-0.2, -0.15) is 0 Å². The van der Waals surface area contributed by atoms with E-state index in [4.69, 9.17) is 9.47 Å². The van der Waals surface area contributed by atoms with Crippen molar-refractivity contribution < 1.29 is 17.9 Å². The minimum Gasteiger partial charge on any atom is -0.379 e. The summed E-state index contributed by atoms with van der Waals surface area (Å²) in [6.07, 6.45) is 2.63. The topological polar surface area (TPSA) is 55.8 Å². The number of hydrogen-bond donors (Lipinski definition) is 0. The Morgan fingerprint density at radius 1 is 1.41 bits per heavy atom. The zero-order chi connectivity index (χ0) is 12.5. The lowest BCUT2D eigenvalue weighted by Gasteiger charge is -2.37. The van der Waals surface area contributed by atoms with E-state index in [1.807, 2.05) is 0 Å². The van der Waals surface area contributed by atoms with E-state index in [9.17, 15) is 8.42 Å². The molecule has 0 bridgehead atoms. The molecule has 2 aliphatic rings. The van der Waals surface area contributed by atoms with E-state index >= 15 is 0 Å². The number of nitrogens with zero attached hydrogens (tertiary/aromatic N) is 1. The largest absolute Gasteiger partial charge is 0.379 e. The van der Waals surface area contributed by atoms with Crippen LogP contribution in [0.2, 0.25) is 0 Å². The summed E-state index contributed by atoms with van der Waals surface area (Å²) < 4.78 is 36.2. The Hall–Kier alpha value is -0.170. The Bertz CT molecular complexity index is 360. The number of piperidine rings is 1. The Kier molecular flexibility index (Phi) is 3.77. The summed E-state index contributed by atoms with van der Waals surface area (Å²) in [6.45, 7) is 3.48. The molecule has 2 saturated heterocycles. The summed E-state index contributed by atoms with van der Waals surface area (Å²) in [5.74, 6) is 0.182. The lowest BCUT2D eigenvalue weighted by atomic mass is 9.89. The van der Waals surface area contributed by atoms with Gasteiger partial charge >= 0.3 is 0 Å². The van der Waals surface area contributed by atoms with Crippen molar-refractivity contribution in [3.05, 3.63) is 0 Å². The van der Waals surface area contributed by atoms with E-state index in [1.54, 1.807) is 18.3 Å². The second kappa shape index (κ2) is 4.84. The molecule has 2 rings (SSSR count). The van der Waals surface area contributed by atoms with Gasteiger partial charge in [-0.3, -0.25) is 0 Å². The van der Waals surface area contributed by atoms with Gasteiger partial charge in [-0.25, -0.2) is 12.7 Å². The zero-order valence-electron chi connectivity index (χ0n) is 10.5. The van der Waals surface area contributed by atoms with Crippen molar-refractivity contribution in [3.63, 3.8) is 0 Å². The molecule has 17 heavy (non-hydrogen) atoms. The molecule has 1 unspecified atom stereocenters. The second-order valence-corrected chi connectivity index (χ2v) is 7.11. The summed E-state index contributed by atoms with van der Waals surface area (Å²) >= 11 is 0. The van der Waals surface area contributed by atoms with Gasteiger partial charge in [-0.05, 0) is 19.8 Å². The Morgan fingerprint density at radius 3 is 2.53 bits per heavy atom. The summed E-state index contributed by atoms with van der Waals surface area (Å²) in [5.41, 5.74) is -0.138. The van der Waals surface area contributed by atoms with Crippen LogP contribution in [0, 0.1) is 0 Å². The first-order valence-electron chi connectivity index (χ1n) is 6.16. The van der Waals surface area contributed by atoms with Gasteiger partial charge in [0.15, 0.2) is 0 Å². The summed E-state index contributed by atoms with van der Waals surface area (Å²) in [7, 11) is -1.34. The molecule has 0 aliphatic carbocycles. The summed E-state index contributed by atoms with van der Waals surface area (Å²) in [4.78, 5) is 0. The standard InChI is InChI=1S/C11H21NO4S/c1-3-17(13,14)12-6-4-11(5-7-12)8-10(15-2)9-16-11/h10H,3-9H2,1-2H3. The number of ether oxygens (including phenoxy) is 2. The molecular formula is C11H21NO4S. The fourth-order valence-corrected chi connectivity index (χ4v) is 3.76. The molecular weight excluding hydrogens is 242 g/mol. The monoisotopic (exact) mass is 263 g/mol. The highest BCUT2D eigenvalue weighted by Gasteiger charge is 2.44. The van der Waals surface area contributed by atoms with E-state index in [0.717, 1.165) is 19.3 Å². The molecule has 0 N–H and O–H groups in total. The Labute approximate surface area is 103 Å². The van der Waals surface area contributed by atoms with E-state index in [0.29, 0.717) is 19.7 Å². The molecule has 0 radical (unpaired) electrons. The minimum absolute atomic E-state index is 0.138. The van der Waals surface area contributed by atoms with Crippen LogP contribution >= 0.6 is 0 Å². The summed E-state index contributed by atoms with van der Waals surface area (Å²) in [5, 5.41) is 0. The molecule has 100 valence electrons. The quantitative estimate of drug-likeness (QED) is 0.748. The third kappa shape index (κ3) is 2.65. The molecule has 1 atom stereocenters. The third-order valence-corrected chi connectivity index (χ3v) is 5.78. The van der Waals surface area contributed by atoms with Gasteiger partial charge in [0.2, 0.25) is 10.0 Å². The molecule has 0 saturated carbocycles. The molecule has 2 fully saturated rings. The van der Waals surface area contributed by atoms with Crippen LogP contribution in [0.4, 0.5) is 0 Å². The van der Waals surface area contributed by atoms with E-state index < -0.39 is 10.0 Å². The molecule has 6 heteroatoms. The molecule has 0 amide bonds. The number of methoxy groups -OCH3 is 1. The van der Waals surface area contributed by atoms with Crippen molar-refractivity contribution in [3.8, 4) is 0 Å². The van der Waals surface area contributed by atoms with Crippen molar-refractivity contribution in [2.24, 2.45) is 0 Å². The molecule has 1 spiro atoms. The molecule has 0 aromatic carbocycles. The van der Waals surface area contributed by atoms with Crippen LogP contribution in [0.15, 0.2) is 0 Å².